The molecular weight excluding hydrogens is 288 g/mol. The summed E-state index contributed by atoms with van der Waals surface area (Å²) in [5.74, 6) is 1.98. The van der Waals surface area contributed by atoms with Gasteiger partial charge >= 0.3 is 0 Å². The SMILES string of the molecule is BrCC1CCN(c2nccc3ccccc23)CC1. The second-order valence-corrected chi connectivity index (χ2v) is 5.59. The fourth-order valence-electron chi connectivity index (χ4n) is 2.65. The van der Waals surface area contributed by atoms with Crippen molar-refractivity contribution in [3.05, 3.63) is 36.5 Å². The molecule has 0 N–H and O–H groups in total. The number of anilines is 1. The number of hydrogen-bond acceptors (Lipinski definition) is 2. The molecule has 1 fully saturated rings. The van der Waals surface area contributed by atoms with Crippen LogP contribution in [-0.4, -0.2) is 23.4 Å². The molecule has 1 saturated heterocycles. The Balaban J connectivity index is 1.91. The van der Waals surface area contributed by atoms with E-state index in [-0.39, 0.29) is 0 Å². The average molecular weight is 305 g/mol. The third-order valence-electron chi connectivity index (χ3n) is 3.78. The van der Waals surface area contributed by atoms with Gasteiger partial charge in [-0.2, -0.15) is 0 Å². The molecule has 0 amide bonds. The minimum absolute atomic E-state index is 0.830. The van der Waals surface area contributed by atoms with E-state index in [1.54, 1.807) is 0 Å². The molecular formula is C15H17BrN2. The van der Waals surface area contributed by atoms with E-state index in [1.807, 2.05) is 6.20 Å². The van der Waals surface area contributed by atoms with Gasteiger partial charge in [-0.1, -0.05) is 40.2 Å². The predicted molar refractivity (Wildman–Crippen MR) is 80.5 cm³/mol. The standard InChI is InChI=1S/C15H17BrN2/c16-11-12-6-9-18(10-7-12)15-14-4-2-1-3-13(14)5-8-17-15/h1-5,8,12H,6-7,9-11H2. The third-order valence-corrected chi connectivity index (χ3v) is 4.70. The van der Waals surface area contributed by atoms with E-state index in [0.717, 1.165) is 30.2 Å². The first-order valence-corrected chi connectivity index (χ1v) is 7.65. The minimum atomic E-state index is 0.830. The van der Waals surface area contributed by atoms with Gasteiger partial charge in [0.2, 0.25) is 0 Å². The van der Waals surface area contributed by atoms with E-state index in [9.17, 15) is 0 Å². The Kier molecular flexibility index (Phi) is 3.50. The molecule has 0 atom stereocenters. The fraction of sp³-hybridized carbons (Fsp3) is 0.400. The Morgan fingerprint density at radius 3 is 2.72 bits per heavy atom. The van der Waals surface area contributed by atoms with Gasteiger partial charge in [-0.25, -0.2) is 4.98 Å². The highest BCUT2D eigenvalue weighted by Crippen LogP contribution is 2.28. The van der Waals surface area contributed by atoms with Gasteiger partial charge < -0.3 is 4.90 Å². The van der Waals surface area contributed by atoms with Crippen molar-refractivity contribution in [2.45, 2.75) is 12.8 Å². The monoisotopic (exact) mass is 304 g/mol. The van der Waals surface area contributed by atoms with Crippen LogP contribution < -0.4 is 4.90 Å². The second kappa shape index (κ2) is 5.27. The molecule has 0 saturated carbocycles. The van der Waals surface area contributed by atoms with Gasteiger partial charge in [0, 0.05) is 30.0 Å². The molecule has 0 spiro atoms. The number of fused-ring (bicyclic) bond motifs is 1. The van der Waals surface area contributed by atoms with E-state index in [2.05, 4.69) is 56.1 Å². The molecule has 0 aliphatic carbocycles. The van der Waals surface area contributed by atoms with E-state index < -0.39 is 0 Å². The predicted octanol–water partition coefficient (Wildman–Crippen LogP) is 3.85. The lowest BCUT2D eigenvalue weighted by Gasteiger charge is -2.32. The van der Waals surface area contributed by atoms with Crippen molar-refractivity contribution < 1.29 is 0 Å². The zero-order valence-electron chi connectivity index (χ0n) is 10.3. The molecule has 2 aromatic rings. The lowest BCUT2D eigenvalue weighted by Crippen LogP contribution is -2.34. The summed E-state index contributed by atoms with van der Waals surface area (Å²) in [7, 11) is 0. The lowest BCUT2D eigenvalue weighted by molar-refractivity contribution is 0.446. The Hall–Kier alpha value is -1.09. The Morgan fingerprint density at radius 1 is 1.17 bits per heavy atom. The molecule has 1 aliphatic heterocycles. The number of piperidine rings is 1. The summed E-state index contributed by atoms with van der Waals surface area (Å²) in [6.07, 6.45) is 4.44. The Morgan fingerprint density at radius 2 is 1.94 bits per heavy atom. The quantitative estimate of drug-likeness (QED) is 0.784. The summed E-state index contributed by atoms with van der Waals surface area (Å²) in [4.78, 5) is 7.03. The number of alkyl halides is 1. The zero-order valence-corrected chi connectivity index (χ0v) is 11.9. The van der Waals surface area contributed by atoms with Crippen LogP contribution in [0.15, 0.2) is 36.5 Å². The van der Waals surface area contributed by atoms with Gasteiger partial charge in [0.15, 0.2) is 0 Å². The maximum absolute atomic E-state index is 4.60. The van der Waals surface area contributed by atoms with E-state index in [1.165, 1.54) is 23.6 Å². The van der Waals surface area contributed by atoms with Gasteiger partial charge in [0.05, 0.1) is 0 Å². The van der Waals surface area contributed by atoms with E-state index in [0.29, 0.717) is 0 Å². The van der Waals surface area contributed by atoms with Crippen molar-refractivity contribution in [2.24, 2.45) is 5.92 Å². The number of nitrogens with zero attached hydrogens (tertiary/aromatic N) is 2. The molecule has 0 bridgehead atoms. The van der Waals surface area contributed by atoms with Crippen LogP contribution in [0.2, 0.25) is 0 Å². The number of halogens is 1. The van der Waals surface area contributed by atoms with Crippen LogP contribution >= 0.6 is 15.9 Å². The molecule has 3 rings (SSSR count). The van der Waals surface area contributed by atoms with Crippen molar-refractivity contribution in [3.8, 4) is 0 Å². The molecule has 3 heteroatoms. The highest BCUT2D eigenvalue weighted by molar-refractivity contribution is 9.09. The van der Waals surface area contributed by atoms with Gasteiger partial charge in [-0.05, 0) is 30.2 Å². The summed E-state index contributed by atoms with van der Waals surface area (Å²) in [6, 6.07) is 10.6. The van der Waals surface area contributed by atoms with Crippen molar-refractivity contribution in [1.29, 1.82) is 0 Å². The fourth-order valence-corrected chi connectivity index (χ4v) is 3.30. The third kappa shape index (κ3) is 2.24. The topological polar surface area (TPSA) is 16.1 Å². The molecule has 2 heterocycles. The lowest BCUT2D eigenvalue weighted by atomic mass is 9.99. The average Bonchev–Trinajstić information content (AvgIpc) is 2.47. The van der Waals surface area contributed by atoms with Crippen LogP contribution in [0.3, 0.4) is 0 Å². The number of hydrogen-bond donors (Lipinski definition) is 0. The first-order valence-electron chi connectivity index (χ1n) is 6.53. The van der Waals surface area contributed by atoms with E-state index in [4.69, 9.17) is 0 Å². The maximum atomic E-state index is 4.60. The summed E-state index contributed by atoms with van der Waals surface area (Å²) in [5, 5.41) is 3.69. The highest BCUT2D eigenvalue weighted by atomic mass is 79.9. The van der Waals surface area contributed by atoms with Crippen molar-refractivity contribution >= 4 is 32.5 Å². The Bertz CT molecular complexity index is 528. The first-order chi connectivity index (χ1) is 8.88. The maximum Gasteiger partial charge on any atom is 0.136 e. The first kappa shape index (κ1) is 12.0. The highest BCUT2D eigenvalue weighted by Gasteiger charge is 2.20. The second-order valence-electron chi connectivity index (χ2n) is 4.94. The van der Waals surface area contributed by atoms with Crippen LogP contribution in [0.4, 0.5) is 5.82 Å². The summed E-state index contributed by atoms with van der Waals surface area (Å²) in [6.45, 7) is 2.24. The summed E-state index contributed by atoms with van der Waals surface area (Å²) < 4.78 is 0. The molecule has 1 aromatic heterocycles. The molecule has 18 heavy (non-hydrogen) atoms. The number of benzene rings is 1. The summed E-state index contributed by atoms with van der Waals surface area (Å²) in [5.41, 5.74) is 0. The van der Waals surface area contributed by atoms with Gasteiger partial charge in [0.1, 0.15) is 5.82 Å². The smallest absolute Gasteiger partial charge is 0.136 e. The normalized spacial score (nSPS) is 17.3. The molecule has 1 aliphatic rings. The van der Waals surface area contributed by atoms with Crippen molar-refractivity contribution in [1.82, 2.24) is 4.98 Å². The number of aromatic nitrogens is 1. The van der Waals surface area contributed by atoms with Gasteiger partial charge in [0.25, 0.3) is 0 Å². The van der Waals surface area contributed by atoms with E-state index >= 15 is 0 Å². The minimum Gasteiger partial charge on any atom is -0.356 e. The van der Waals surface area contributed by atoms with Crippen LogP contribution in [-0.2, 0) is 0 Å². The van der Waals surface area contributed by atoms with Crippen LogP contribution in [0.25, 0.3) is 10.8 Å². The van der Waals surface area contributed by atoms with Crippen molar-refractivity contribution in [2.75, 3.05) is 23.3 Å². The summed E-state index contributed by atoms with van der Waals surface area (Å²) >= 11 is 3.59. The largest absolute Gasteiger partial charge is 0.356 e. The van der Waals surface area contributed by atoms with Crippen LogP contribution in [0, 0.1) is 5.92 Å². The van der Waals surface area contributed by atoms with Crippen molar-refractivity contribution in [3.63, 3.8) is 0 Å². The van der Waals surface area contributed by atoms with Gasteiger partial charge in [-0.15, -0.1) is 0 Å². The molecule has 0 radical (unpaired) electrons. The van der Waals surface area contributed by atoms with Gasteiger partial charge in [-0.3, -0.25) is 0 Å². The number of rotatable bonds is 2. The molecule has 0 unspecified atom stereocenters. The zero-order chi connectivity index (χ0) is 12.4. The van der Waals surface area contributed by atoms with Crippen LogP contribution in [0.1, 0.15) is 12.8 Å². The van der Waals surface area contributed by atoms with Crippen LogP contribution in [0.5, 0.6) is 0 Å². The molecule has 2 nitrogen and oxygen atoms in total. The molecule has 94 valence electrons. The number of pyridine rings is 1. The Labute approximate surface area is 116 Å². The molecule has 1 aromatic carbocycles.